The first-order valence-electron chi connectivity index (χ1n) is 6.35. The number of methoxy groups -OCH3 is 2. The van der Waals surface area contributed by atoms with Gasteiger partial charge in [-0.05, 0) is 23.9 Å². The van der Waals surface area contributed by atoms with Crippen LogP contribution in [0.15, 0.2) is 17.1 Å². The molecule has 1 aliphatic rings. The number of aromatic nitrogens is 1. The van der Waals surface area contributed by atoms with E-state index in [0.29, 0.717) is 6.54 Å². The van der Waals surface area contributed by atoms with Crippen LogP contribution in [0.3, 0.4) is 0 Å². The normalized spacial score (nSPS) is 12.8. The molecule has 0 spiro atoms. The molecule has 4 heteroatoms. The van der Waals surface area contributed by atoms with Gasteiger partial charge in [0.25, 0.3) is 0 Å². The van der Waals surface area contributed by atoms with Crippen LogP contribution in [0.5, 0.6) is 11.5 Å². The van der Waals surface area contributed by atoms with Gasteiger partial charge in [-0.15, -0.1) is 0 Å². The van der Waals surface area contributed by atoms with Crippen molar-refractivity contribution in [2.75, 3.05) is 14.2 Å². The van der Waals surface area contributed by atoms with Gasteiger partial charge in [-0.2, -0.15) is 0 Å². The maximum absolute atomic E-state index is 5.39. The molecule has 0 N–H and O–H groups in total. The minimum atomic E-state index is 0.693. The topological polar surface area (TPSA) is 43.7 Å². The molecule has 0 fully saturated rings. The van der Waals surface area contributed by atoms with Crippen LogP contribution in [0.25, 0.3) is 10.8 Å². The molecule has 2 aromatic rings. The lowest BCUT2D eigenvalue weighted by atomic mass is 10.0. The van der Waals surface area contributed by atoms with Gasteiger partial charge in [-0.1, -0.05) is 6.92 Å². The minimum Gasteiger partial charge on any atom is -0.493 e. The summed E-state index contributed by atoms with van der Waals surface area (Å²) in [6.45, 7) is 2.80. The zero-order valence-electron chi connectivity index (χ0n) is 11.4. The summed E-state index contributed by atoms with van der Waals surface area (Å²) in [5, 5.41) is 2.29. The Morgan fingerprint density at radius 3 is 2.42 bits per heavy atom. The maximum Gasteiger partial charge on any atom is 0.161 e. The van der Waals surface area contributed by atoms with Crippen LogP contribution in [0.4, 0.5) is 0 Å². The number of aryl methyl sites for hydroxylation is 1. The number of hydrogen-bond donors (Lipinski definition) is 0. The van der Waals surface area contributed by atoms with Gasteiger partial charge in [0.05, 0.1) is 26.5 Å². The van der Waals surface area contributed by atoms with Crippen molar-refractivity contribution in [2.45, 2.75) is 19.9 Å². The third-order valence-corrected chi connectivity index (χ3v) is 3.52. The molecule has 3 rings (SSSR count). The van der Waals surface area contributed by atoms with Crippen molar-refractivity contribution in [3.8, 4) is 11.5 Å². The van der Waals surface area contributed by atoms with E-state index < -0.39 is 0 Å². The summed E-state index contributed by atoms with van der Waals surface area (Å²) >= 11 is 0. The van der Waals surface area contributed by atoms with E-state index in [1.165, 1.54) is 5.56 Å². The molecule has 0 unspecified atom stereocenters. The Morgan fingerprint density at radius 1 is 1.11 bits per heavy atom. The lowest BCUT2D eigenvalue weighted by molar-refractivity contribution is 0.356. The van der Waals surface area contributed by atoms with Crippen LogP contribution in [-0.4, -0.2) is 25.4 Å². The Morgan fingerprint density at radius 2 is 1.79 bits per heavy atom. The number of hydrogen-bond acceptors (Lipinski definition) is 4. The van der Waals surface area contributed by atoms with Crippen LogP contribution in [0.1, 0.15) is 23.9 Å². The summed E-state index contributed by atoms with van der Waals surface area (Å²) in [5.74, 6) is 1.49. The van der Waals surface area contributed by atoms with E-state index in [2.05, 4.69) is 16.9 Å². The first-order chi connectivity index (χ1) is 9.28. The highest BCUT2D eigenvalue weighted by molar-refractivity contribution is 5.97. The molecule has 0 bridgehead atoms. The SMILES string of the molecule is CCc1nc2c(c3cc(OC)c(OC)cc13)CN=C2. The Hall–Kier alpha value is -2.10. The summed E-state index contributed by atoms with van der Waals surface area (Å²) in [5.41, 5.74) is 3.23. The molecule has 1 aromatic carbocycles. The average molecular weight is 256 g/mol. The molecule has 0 atom stereocenters. The van der Waals surface area contributed by atoms with Crippen molar-refractivity contribution in [1.29, 1.82) is 0 Å². The van der Waals surface area contributed by atoms with Crippen LogP contribution >= 0.6 is 0 Å². The van der Waals surface area contributed by atoms with E-state index in [1.807, 2.05) is 18.3 Å². The summed E-state index contributed by atoms with van der Waals surface area (Å²) in [4.78, 5) is 9.00. The van der Waals surface area contributed by atoms with E-state index >= 15 is 0 Å². The van der Waals surface area contributed by atoms with Gasteiger partial charge in [0.1, 0.15) is 0 Å². The van der Waals surface area contributed by atoms with Crippen molar-refractivity contribution in [3.63, 3.8) is 0 Å². The molecule has 98 valence electrons. The van der Waals surface area contributed by atoms with Gasteiger partial charge in [-0.3, -0.25) is 9.98 Å². The van der Waals surface area contributed by atoms with Gasteiger partial charge in [0.2, 0.25) is 0 Å². The molecule has 1 aromatic heterocycles. The molecule has 1 aliphatic heterocycles. The first-order valence-corrected chi connectivity index (χ1v) is 6.35. The van der Waals surface area contributed by atoms with Gasteiger partial charge < -0.3 is 9.47 Å². The Kier molecular flexibility index (Phi) is 2.85. The average Bonchev–Trinajstić information content (AvgIpc) is 2.93. The smallest absolute Gasteiger partial charge is 0.161 e. The molecule has 0 saturated heterocycles. The van der Waals surface area contributed by atoms with Crippen molar-refractivity contribution in [2.24, 2.45) is 4.99 Å². The van der Waals surface area contributed by atoms with Crippen molar-refractivity contribution < 1.29 is 9.47 Å². The number of ether oxygens (including phenoxy) is 2. The van der Waals surface area contributed by atoms with Crippen molar-refractivity contribution >= 4 is 17.0 Å². The van der Waals surface area contributed by atoms with Crippen LogP contribution in [0.2, 0.25) is 0 Å². The van der Waals surface area contributed by atoms with Gasteiger partial charge in [0.15, 0.2) is 11.5 Å². The van der Waals surface area contributed by atoms with E-state index in [9.17, 15) is 0 Å². The highest BCUT2D eigenvalue weighted by atomic mass is 16.5. The monoisotopic (exact) mass is 256 g/mol. The standard InChI is InChI=1S/C15H16N2O2/c1-4-12-10-6-15(19-3)14(18-2)5-9(10)11-7-16-8-13(11)17-12/h5-6,8H,4,7H2,1-3H3. The lowest BCUT2D eigenvalue weighted by Gasteiger charge is -2.13. The number of aliphatic imine (C=N–C) groups is 1. The van der Waals surface area contributed by atoms with E-state index in [4.69, 9.17) is 9.47 Å². The summed E-state index contributed by atoms with van der Waals surface area (Å²) in [6, 6.07) is 4.04. The third-order valence-electron chi connectivity index (χ3n) is 3.52. The fraction of sp³-hybridized carbons (Fsp3) is 0.333. The third kappa shape index (κ3) is 1.75. The Balaban J connectivity index is 2.37. The maximum atomic E-state index is 5.39. The quantitative estimate of drug-likeness (QED) is 0.848. The number of benzene rings is 1. The predicted molar refractivity (Wildman–Crippen MR) is 75.5 cm³/mol. The Labute approximate surface area is 112 Å². The second-order valence-electron chi connectivity index (χ2n) is 4.50. The highest BCUT2D eigenvalue weighted by Crippen LogP contribution is 2.36. The fourth-order valence-electron chi connectivity index (χ4n) is 2.54. The number of pyridine rings is 1. The van der Waals surface area contributed by atoms with Gasteiger partial charge >= 0.3 is 0 Å². The molecule has 4 nitrogen and oxygen atoms in total. The fourth-order valence-corrected chi connectivity index (χ4v) is 2.54. The first kappa shape index (κ1) is 12.0. The molecule has 0 radical (unpaired) electrons. The zero-order valence-corrected chi connectivity index (χ0v) is 11.4. The van der Waals surface area contributed by atoms with E-state index in [-0.39, 0.29) is 0 Å². The summed E-state index contributed by atoms with van der Waals surface area (Å²) in [7, 11) is 3.31. The van der Waals surface area contributed by atoms with Crippen LogP contribution in [-0.2, 0) is 13.0 Å². The predicted octanol–water partition coefficient (Wildman–Crippen LogP) is 2.75. The van der Waals surface area contributed by atoms with Crippen molar-refractivity contribution in [3.05, 3.63) is 29.1 Å². The molecular formula is C15H16N2O2. The summed E-state index contributed by atoms with van der Waals surface area (Å²) < 4.78 is 10.8. The van der Waals surface area contributed by atoms with Gasteiger partial charge in [0, 0.05) is 22.9 Å². The highest BCUT2D eigenvalue weighted by Gasteiger charge is 2.17. The van der Waals surface area contributed by atoms with E-state index in [1.54, 1.807) is 14.2 Å². The van der Waals surface area contributed by atoms with Crippen LogP contribution < -0.4 is 9.47 Å². The largest absolute Gasteiger partial charge is 0.493 e. The molecule has 0 aliphatic carbocycles. The second kappa shape index (κ2) is 4.53. The van der Waals surface area contributed by atoms with Gasteiger partial charge in [-0.25, -0.2) is 0 Å². The molecule has 0 saturated carbocycles. The zero-order chi connectivity index (χ0) is 13.4. The minimum absolute atomic E-state index is 0.693. The molecule has 2 heterocycles. The van der Waals surface area contributed by atoms with Crippen molar-refractivity contribution in [1.82, 2.24) is 4.98 Å². The summed E-state index contributed by atoms with van der Waals surface area (Å²) in [6.07, 6.45) is 2.73. The van der Waals surface area contributed by atoms with E-state index in [0.717, 1.165) is 40.1 Å². The lowest BCUT2D eigenvalue weighted by Crippen LogP contribution is -2.00. The Bertz CT molecular complexity index is 678. The number of nitrogens with zero attached hydrogens (tertiary/aromatic N) is 2. The number of fused-ring (bicyclic) bond motifs is 3. The van der Waals surface area contributed by atoms with Crippen LogP contribution in [0, 0.1) is 0 Å². The second-order valence-corrected chi connectivity index (χ2v) is 4.50. The molecular weight excluding hydrogens is 240 g/mol. The molecule has 19 heavy (non-hydrogen) atoms. The molecule has 0 amide bonds. The number of rotatable bonds is 3.